The number of tetrazole rings is 1. The van der Waals surface area contributed by atoms with Crippen molar-refractivity contribution in [3.05, 3.63) is 41.2 Å². The number of carbonyl (C=O) groups is 1. The van der Waals surface area contributed by atoms with Gasteiger partial charge in [-0.25, -0.2) is 4.68 Å². The highest BCUT2D eigenvalue weighted by Crippen LogP contribution is 2.13. The molecule has 27 heavy (non-hydrogen) atoms. The molecular formula is C16H25BN6O4. The Kier molecular flexibility index (Phi) is 8.33. The maximum Gasteiger partial charge on any atom is 0.633 e. The van der Waals surface area contributed by atoms with Gasteiger partial charge in [0, 0.05) is 13.2 Å². The Morgan fingerprint density at radius 1 is 1.33 bits per heavy atom. The third-order valence-electron chi connectivity index (χ3n) is 3.97. The number of hydrogen-bond acceptors (Lipinski definition) is 8. The second kappa shape index (κ2) is 10.7. The van der Waals surface area contributed by atoms with Gasteiger partial charge in [0.1, 0.15) is 6.54 Å². The molecule has 0 fully saturated rings. The van der Waals surface area contributed by atoms with Gasteiger partial charge in [-0.15, -0.1) is 5.10 Å². The monoisotopic (exact) mass is 376 g/mol. The average molecular weight is 376 g/mol. The number of carbonyl (C=O) groups excluding carboxylic acids is 1. The smallest absolute Gasteiger partial charge is 0.402 e. The second-order valence-electron chi connectivity index (χ2n) is 6.26. The van der Waals surface area contributed by atoms with Crippen LogP contribution in [0, 0.1) is 6.92 Å². The van der Waals surface area contributed by atoms with Crippen molar-refractivity contribution in [2.24, 2.45) is 5.73 Å². The Hall–Kier alpha value is -2.34. The van der Waals surface area contributed by atoms with E-state index >= 15 is 0 Å². The predicted octanol–water partition coefficient (Wildman–Crippen LogP) is -0.546. The van der Waals surface area contributed by atoms with E-state index in [1.165, 1.54) is 4.68 Å². The number of benzene rings is 1. The van der Waals surface area contributed by atoms with E-state index in [0.717, 1.165) is 11.1 Å². The maximum atomic E-state index is 12.2. The molecular weight excluding hydrogens is 351 g/mol. The first-order chi connectivity index (χ1) is 13.0. The Bertz CT molecular complexity index is 709. The molecule has 0 bridgehead atoms. The molecule has 1 aromatic carbocycles. The summed E-state index contributed by atoms with van der Waals surface area (Å²) < 4.78 is 6.02. The van der Waals surface area contributed by atoms with Gasteiger partial charge in [0.25, 0.3) is 0 Å². The third-order valence-corrected chi connectivity index (χ3v) is 3.97. The lowest BCUT2D eigenvalue weighted by atomic mass is 10.1. The summed E-state index contributed by atoms with van der Waals surface area (Å²) in [5, 5.41) is 31.4. The molecule has 2 aromatic rings. The predicted molar refractivity (Wildman–Crippen MR) is 97.8 cm³/mol. The summed E-state index contributed by atoms with van der Waals surface area (Å²) in [6.07, 6.45) is 1.89. The van der Waals surface area contributed by atoms with Crippen LogP contribution in [-0.4, -0.2) is 50.1 Å². The highest BCUT2D eigenvalue weighted by atomic mass is 16.6. The average Bonchev–Trinajstić information content (AvgIpc) is 3.08. The molecule has 0 aliphatic rings. The van der Waals surface area contributed by atoms with E-state index in [-0.39, 0.29) is 19.1 Å². The minimum atomic E-state index is -1.76. The zero-order chi connectivity index (χ0) is 19.6. The summed E-state index contributed by atoms with van der Waals surface area (Å²) in [6.45, 7) is 2.64. The molecule has 5 N–H and O–H groups in total. The number of rotatable bonds is 11. The van der Waals surface area contributed by atoms with E-state index in [9.17, 15) is 4.79 Å². The van der Waals surface area contributed by atoms with Crippen molar-refractivity contribution in [3.63, 3.8) is 0 Å². The zero-order valence-electron chi connectivity index (χ0n) is 15.3. The number of nitrogens with two attached hydrogens (primary N) is 1. The summed E-state index contributed by atoms with van der Waals surface area (Å²) in [7, 11) is -1.76. The third kappa shape index (κ3) is 7.43. The van der Waals surface area contributed by atoms with Crippen LogP contribution in [0.3, 0.4) is 0 Å². The van der Waals surface area contributed by atoms with E-state index in [1.54, 1.807) is 0 Å². The number of unbranched alkanes of at least 4 members (excludes halogenated alkanes) is 1. The van der Waals surface area contributed by atoms with Crippen molar-refractivity contribution < 1.29 is 19.5 Å². The largest absolute Gasteiger partial charge is 0.633 e. The maximum absolute atomic E-state index is 12.2. The summed E-state index contributed by atoms with van der Waals surface area (Å²) in [6, 6.07) is 7.49. The highest BCUT2D eigenvalue weighted by molar-refractivity contribution is 6.32. The van der Waals surface area contributed by atoms with E-state index in [0.29, 0.717) is 31.6 Å². The van der Waals surface area contributed by atoms with Crippen LogP contribution in [0.1, 0.15) is 42.3 Å². The summed E-state index contributed by atoms with van der Waals surface area (Å²) >= 11 is 0. The van der Waals surface area contributed by atoms with Crippen LogP contribution in [-0.2, 0) is 22.5 Å². The lowest BCUT2D eigenvalue weighted by Gasteiger charge is -2.12. The van der Waals surface area contributed by atoms with E-state index in [1.807, 2.05) is 31.2 Å². The molecule has 1 atom stereocenters. The van der Waals surface area contributed by atoms with Gasteiger partial charge in [-0.1, -0.05) is 29.8 Å². The Morgan fingerprint density at radius 2 is 2.07 bits per heavy atom. The molecule has 0 saturated carbocycles. The van der Waals surface area contributed by atoms with Gasteiger partial charge in [-0.3, -0.25) is 4.79 Å². The highest BCUT2D eigenvalue weighted by Gasteiger charge is 2.17. The van der Waals surface area contributed by atoms with E-state index in [4.69, 9.17) is 15.8 Å². The number of nitrogens with zero attached hydrogens (tertiary/aromatic N) is 4. The van der Waals surface area contributed by atoms with Gasteiger partial charge < -0.3 is 25.8 Å². The first kappa shape index (κ1) is 21.0. The second-order valence-corrected chi connectivity index (χ2v) is 6.26. The number of amides is 1. The molecule has 0 spiro atoms. The van der Waals surface area contributed by atoms with Crippen molar-refractivity contribution in [1.82, 2.24) is 25.5 Å². The van der Waals surface area contributed by atoms with E-state index in [2.05, 4.69) is 25.5 Å². The van der Waals surface area contributed by atoms with Crippen molar-refractivity contribution in [3.8, 4) is 0 Å². The lowest BCUT2D eigenvalue weighted by molar-refractivity contribution is -0.122. The molecule has 1 amide bonds. The molecule has 10 nitrogen and oxygen atoms in total. The minimum absolute atomic E-state index is 0.0122. The van der Waals surface area contributed by atoms with Crippen LogP contribution < -0.4 is 11.1 Å². The van der Waals surface area contributed by atoms with Gasteiger partial charge in [0.05, 0.1) is 6.04 Å². The van der Waals surface area contributed by atoms with Crippen LogP contribution in [0.25, 0.3) is 0 Å². The molecule has 1 unspecified atom stereocenters. The summed E-state index contributed by atoms with van der Waals surface area (Å²) in [4.78, 5) is 12.2. The van der Waals surface area contributed by atoms with Crippen LogP contribution in [0.2, 0.25) is 0 Å². The summed E-state index contributed by atoms with van der Waals surface area (Å²) in [5.41, 5.74) is 8.28. The number of nitrogens with one attached hydrogen (secondary N) is 1. The van der Waals surface area contributed by atoms with E-state index < -0.39 is 13.4 Å². The quantitative estimate of drug-likeness (QED) is 0.302. The molecule has 0 saturated heterocycles. The van der Waals surface area contributed by atoms with Crippen molar-refractivity contribution in [1.29, 1.82) is 0 Å². The Morgan fingerprint density at radius 3 is 2.78 bits per heavy atom. The van der Waals surface area contributed by atoms with Crippen LogP contribution in [0.4, 0.5) is 0 Å². The van der Waals surface area contributed by atoms with Crippen LogP contribution in [0.5, 0.6) is 0 Å². The summed E-state index contributed by atoms with van der Waals surface area (Å²) in [5.74, 6) is 0.227. The van der Waals surface area contributed by atoms with Crippen LogP contribution >= 0.6 is 0 Å². The minimum Gasteiger partial charge on any atom is -0.402 e. The fraction of sp³-hybridized carbons (Fsp3) is 0.500. The first-order valence-electron chi connectivity index (χ1n) is 8.77. The number of aryl methyl sites for hydroxylation is 1. The van der Waals surface area contributed by atoms with Gasteiger partial charge >= 0.3 is 7.32 Å². The molecule has 0 radical (unpaired) electrons. The van der Waals surface area contributed by atoms with Gasteiger partial charge in [0.2, 0.25) is 5.91 Å². The molecule has 2 rings (SSSR count). The number of hydrogen-bond donors (Lipinski definition) is 4. The fourth-order valence-electron chi connectivity index (χ4n) is 2.47. The van der Waals surface area contributed by atoms with Crippen LogP contribution in [0.15, 0.2) is 24.3 Å². The van der Waals surface area contributed by atoms with Gasteiger partial charge in [0.15, 0.2) is 5.82 Å². The van der Waals surface area contributed by atoms with Crippen molar-refractivity contribution in [2.45, 2.75) is 45.3 Å². The lowest BCUT2D eigenvalue weighted by Crippen LogP contribution is -2.29. The van der Waals surface area contributed by atoms with Crippen molar-refractivity contribution in [2.75, 3.05) is 6.61 Å². The SMILES string of the molecule is Cc1ccc(CNC(=O)Cn2nnnc2C(N)CCCCOB(O)O)cc1. The van der Waals surface area contributed by atoms with Gasteiger partial charge in [-0.05, 0) is 42.2 Å². The Labute approximate surface area is 157 Å². The normalized spacial score (nSPS) is 12.0. The molecule has 1 aromatic heterocycles. The first-order valence-corrected chi connectivity index (χ1v) is 8.77. The van der Waals surface area contributed by atoms with Crippen molar-refractivity contribution >= 4 is 13.2 Å². The standard InChI is InChI=1S/C16H25BN6O4/c1-12-5-7-13(8-6-12)10-19-15(24)11-23-16(20-21-22-23)14(18)4-2-3-9-27-17(25)26/h5-8,14,25-26H,2-4,9-11,18H2,1H3,(H,19,24). The van der Waals surface area contributed by atoms with Gasteiger partial charge in [-0.2, -0.15) is 0 Å². The molecule has 11 heteroatoms. The molecule has 0 aliphatic heterocycles. The zero-order valence-corrected chi connectivity index (χ0v) is 15.3. The Balaban J connectivity index is 1.77. The fourth-order valence-corrected chi connectivity index (χ4v) is 2.47. The molecule has 1 heterocycles. The topological polar surface area (TPSA) is 148 Å². The molecule has 0 aliphatic carbocycles. The number of aromatic nitrogens is 4. The molecule has 146 valence electrons.